The highest BCUT2D eigenvalue weighted by atomic mass is 19.1. The molecule has 1 aliphatic rings. The van der Waals surface area contributed by atoms with Crippen molar-refractivity contribution in [3.8, 4) is 28.1 Å². The van der Waals surface area contributed by atoms with Gasteiger partial charge in [0.25, 0.3) is 0 Å². The van der Waals surface area contributed by atoms with Crippen LogP contribution in [0.2, 0.25) is 0 Å². The van der Waals surface area contributed by atoms with Gasteiger partial charge >= 0.3 is 5.97 Å². The molecule has 0 saturated carbocycles. The monoisotopic (exact) mass is 686 g/mol. The van der Waals surface area contributed by atoms with Crippen LogP contribution in [0.25, 0.3) is 28.0 Å². The van der Waals surface area contributed by atoms with Crippen molar-refractivity contribution in [2.45, 2.75) is 78.4 Å². The standard InChI is InChI=1S/C36H41FN4O4.C4H10O/c1-7-9-20-44-31-14-13-29(37)24(3)34(31)27-12-10-11-26(21-27)30-23-32-38-25(4)28(22-33(42)43-6)35(41(32)39-30)40-17-15-36(5,16-18-40)45-19-8-2;1-4(2,3)5/h7-8,10-14,21,23H,1-2,9,15-20,22H2,3-6H3;5H,1-3H3. The average Bonchev–Trinajstić information content (AvgIpc) is 3.49. The van der Waals surface area contributed by atoms with Crippen LogP contribution in [0.4, 0.5) is 10.2 Å². The van der Waals surface area contributed by atoms with E-state index >= 15 is 0 Å². The number of carbonyl (C=O) groups excluding carboxylic acids is 1. The second kappa shape index (κ2) is 16.4. The van der Waals surface area contributed by atoms with Crippen LogP contribution in [0.1, 0.15) is 63.8 Å². The summed E-state index contributed by atoms with van der Waals surface area (Å²) in [5.41, 5.74) is 5.03. The van der Waals surface area contributed by atoms with Gasteiger partial charge in [0.1, 0.15) is 17.4 Å². The number of nitrogens with zero attached hydrogens (tertiary/aromatic N) is 4. The first-order chi connectivity index (χ1) is 23.7. The fourth-order valence-electron chi connectivity index (χ4n) is 5.85. The molecule has 0 aliphatic carbocycles. The number of aromatic nitrogens is 3. The van der Waals surface area contributed by atoms with Crippen LogP contribution in [-0.2, 0) is 20.7 Å². The molecule has 50 heavy (non-hydrogen) atoms. The predicted molar refractivity (Wildman–Crippen MR) is 197 cm³/mol. The number of ether oxygens (including phenoxy) is 3. The fraction of sp³-hybridized carbons (Fsp3) is 0.425. The van der Waals surface area contributed by atoms with Crippen molar-refractivity contribution >= 4 is 17.4 Å². The van der Waals surface area contributed by atoms with Crippen molar-refractivity contribution in [2.75, 3.05) is 38.3 Å². The second-order valence-electron chi connectivity index (χ2n) is 13.8. The number of rotatable bonds is 12. The summed E-state index contributed by atoms with van der Waals surface area (Å²) in [6, 6.07) is 12.9. The molecule has 0 atom stereocenters. The Bertz CT molecular complexity index is 1810. The van der Waals surface area contributed by atoms with Gasteiger partial charge < -0.3 is 24.2 Å². The summed E-state index contributed by atoms with van der Waals surface area (Å²) >= 11 is 0. The highest BCUT2D eigenvalue weighted by Gasteiger charge is 2.33. The van der Waals surface area contributed by atoms with Gasteiger partial charge in [-0.15, -0.1) is 13.2 Å². The summed E-state index contributed by atoms with van der Waals surface area (Å²) in [5.74, 6) is 0.807. The molecule has 9 nitrogen and oxygen atoms in total. The zero-order valence-corrected chi connectivity index (χ0v) is 30.5. The quantitative estimate of drug-likeness (QED) is 0.0915. The van der Waals surface area contributed by atoms with E-state index in [1.807, 2.05) is 41.8 Å². The Morgan fingerprint density at radius 2 is 1.76 bits per heavy atom. The summed E-state index contributed by atoms with van der Waals surface area (Å²) in [7, 11) is 1.39. The SMILES string of the molecule is C=CCCOc1ccc(F)c(C)c1-c1cccc(-c2cc3nc(C)c(CC(=O)OC)c(N4CCC(C)(OCC=C)CC4)n3n2)c1.CC(C)(C)O. The number of esters is 1. The molecule has 1 aliphatic heterocycles. The highest BCUT2D eigenvalue weighted by Crippen LogP contribution is 2.38. The molecular formula is C40H51FN4O5. The summed E-state index contributed by atoms with van der Waals surface area (Å²) in [6.07, 6.45) is 5.94. The summed E-state index contributed by atoms with van der Waals surface area (Å²) < 4.78 is 33.8. The maximum Gasteiger partial charge on any atom is 0.310 e. The maximum absolute atomic E-state index is 14.8. The zero-order valence-electron chi connectivity index (χ0n) is 30.5. The first kappa shape index (κ1) is 38.3. The average molecular weight is 687 g/mol. The van der Waals surface area contributed by atoms with E-state index in [1.165, 1.54) is 13.2 Å². The molecule has 268 valence electrons. The van der Waals surface area contributed by atoms with Crippen LogP contribution in [0, 0.1) is 19.7 Å². The number of carbonyl (C=O) groups is 1. The van der Waals surface area contributed by atoms with Gasteiger partial charge in [0.05, 0.1) is 43.6 Å². The van der Waals surface area contributed by atoms with Crippen LogP contribution in [0.3, 0.4) is 0 Å². The van der Waals surface area contributed by atoms with Gasteiger partial charge in [-0.25, -0.2) is 9.37 Å². The van der Waals surface area contributed by atoms with Gasteiger partial charge in [-0.1, -0.05) is 30.4 Å². The Labute approximate surface area is 295 Å². The van der Waals surface area contributed by atoms with Crippen LogP contribution < -0.4 is 9.64 Å². The Morgan fingerprint density at radius 1 is 1.08 bits per heavy atom. The number of aliphatic hydroxyl groups is 1. The van der Waals surface area contributed by atoms with Crippen molar-refractivity contribution < 1.29 is 28.5 Å². The number of fused-ring (bicyclic) bond motifs is 1. The topological polar surface area (TPSA) is 98.4 Å². The third-order valence-electron chi connectivity index (χ3n) is 8.49. The number of piperidine rings is 1. The predicted octanol–water partition coefficient (Wildman–Crippen LogP) is 7.83. The Morgan fingerprint density at radius 3 is 2.40 bits per heavy atom. The fourth-order valence-corrected chi connectivity index (χ4v) is 5.85. The smallest absolute Gasteiger partial charge is 0.310 e. The summed E-state index contributed by atoms with van der Waals surface area (Å²) in [5, 5.41) is 13.6. The lowest BCUT2D eigenvalue weighted by molar-refractivity contribution is -0.139. The molecular weight excluding hydrogens is 635 g/mol. The molecule has 0 radical (unpaired) electrons. The molecule has 0 amide bonds. The van der Waals surface area contributed by atoms with Crippen LogP contribution >= 0.6 is 0 Å². The Balaban J connectivity index is 0.00000105. The molecule has 2 aromatic heterocycles. The molecule has 0 bridgehead atoms. The molecule has 1 saturated heterocycles. The minimum atomic E-state index is -0.500. The lowest BCUT2D eigenvalue weighted by atomic mass is 9.93. The number of halogens is 1. The molecule has 1 N–H and O–H groups in total. The van der Waals surface area contributed by atoms with E-state index in [2.05, 4.69) is 25.0 Å². The number of methoxy groups -OCH3 is 1. The van der Waals surface area contributed by atoms with E-state index in [0.717, 1.165) is 54.1 Å². The van der Waals surface area contributed by atoms with E-state index in [1.54, 1.807) is 45.9 Å². The van der Waals surface area contributed by atoms with Gasteiger partial charge in [-0.05, 0) is 90.1 Å². The number of hydrogen-bond acceptors (Lipinski definition) is 8. The van der Waals surface area contributed by atoms with E-state index in [0.29, 0.717) is 47.9 Å². The molecule has 4 aromatic rings. The molecule has 0 spiro atoms. The zero-order chi connectivity index (χ0) is 36.6. The second-order valence-corrected chi connectivity index (χ2v) is 13.8. The maximum atomic E-state index is 14.8. The van der Waals surface area contributed by atoms with E-state index < -0.39 is 5.60 Å². The van der Waals surface area contributed by atoms with E-state index in [4.69, 9.17) is 29.4 Å². The summed E-state index contributed by atoms with van der Waals surface area (Å²) in [6.45, 7) is 21.0. The Hall–Kier alpha value is -4.54. The lowest BCUT2D eigenvalue weighted by Crippen LogP contribution is -2.45. The van der Waals surface area contributed by atoms with Gasteiger partial charge in [0.2, 0.25) is 0 Å². The minimum absolute atomic E-state index is 0.0828. The number of aryl methyl sites for hydroxylation is 1. The largest absolute Gasteiger partial charge is 0.493 e. The van der Waals surface area contributed by atoms with Crippen LogP contribution in [0.5, 0.6) is 5.75 Å². The Kier molecular flexibility index (Phi) is 12.6. The van der Waals surface area contributed by atoms with Crippen LogP contribution in [-0.4, -0.2) is 70.3 Å². The third-order valence-corrected chi connectivity index (χ3v) is 8.49. The van der Waals surface area contributed by atoms with Crippen molar-refractivity contribution in [3.63, 3.8) is 0 Å². The number of hydrogen-bond donors (Lipinski definition) is 1. The minimum Gasteiger partial charge on any atom is -0.493 e. The van der Waals surface area contributed by atoms with Gasteiger partial charge in [-0.2, -0.15) is 9.61 Å². The van der Waals surface area contributed by atoms with E-state index in [9.17, 15) is 9.18 Å². The number of anilines is 1. The van der Waals surface area contributed by atoms with Crippen molar-refractivity contribution in [2.24, 2.45) is 0 Å². The van der Waals surface area contributed by atoms with Crippen molar-refractivity contribution in [3.05, 3.63) is 90.4 Å². The molecule has 1 fully saturated rings. The van der Waals surface area contributed by atoms with Gasteiger partial charge in [0.15, 0.2) is 5.65 Å². The highest BCUT2D eigenvalue weighted by molar-refractivity contribution is 5.80. The van der Waals surface area contributed by atoms with E-state index in [-0.39, 0.29) is 23.8 Å². The van der Waals surface area contributed by atoms with Gasteiger partial charge in [-0.3, -0.25) is 4.79 Å². The molecule has 10 heteroatoms. The molecule has 0 unspecified atom stereocenters. The normalized spacial score (nSPS) is 14.1. The first-order valence-electron chi connectivity index (χ1n) is 17.0. The number of benzene rings is 2. The summed E-state index contributed by atoms with van der Waals surface area (Å²) in [4.78, 5) is 19.6. The lowest BCUT2D eigenvalue weighted by Gasteiger charge is -2.40. The van der Waals surface area contributed by atoms with Gasteiger partial charge in [0, 0.05) is 41.5 Å². The van der Waals surface area contributed by atoms with Crippen LogP contribution in [0.15, 0.2) is 67.8 Å². The van der Waals surface area contributed by atoms with Crippen molar-refractivity contribution in [1.82, 2.24) is 14.6 Å². The van der Waals surface area contributed by atoms with Crippen molar-refractivity contribution in [1.29, 1.82) is 0 Å². The molecule has 5 rings (SSSR count). The molecule has 2 aromatic carbocycles. The third kappa shape index (κ3) is 9.57. The molecule has 3 heterocycles. The first-order valence-corrected chi connectivity index (χ1v) is 17.0.